The molecule has 0 heterocycles. The van der Waals surface area contributed by atoms with Crippen LogP contribution in [-0.2, 0) is 19.1 Å². The van der Waals surface area contributed by atoms with Gasteiger partial charge in [-0.1, -0.05) is 11.6 Å². The van der Waals surface area contributed by atoms with E-state index in [9.17, 15) is 24.5 Å². The number of esters is 1. The summed E-state index contributed by atoms with van der Waals surface area (Å²) >= 11 is 5.66. The number of nitrogens with zero attached hydrogens (tertiary/aromatic N) is 1. The number of nitrogens with one attached hydrogen (secondary N) is 2. The predicted molar refractivity (Wildman–Crippen MR) is 90.9 cm³/mol. The Morgan fingerprint density at radius 1 is 1.27 bits per heavy atom. The molecule has 2 amide bonds. The highest BCUT2D eigenvalue weighted by Crippen LogP contribution is 2.24. The fourth-order valence-corrected chi connectivity index (χ4v) is 1.93. The average Bonchev–Trinajstić information content (AvgIpc) is 2.61. The number of hydrogen-bond acceptors (Lipinski definition) is 7. The Morgan fingerprint density at radius 2 is 2.00 bits per heavy atom. The second-order valence-corrected chi connectivity index (χ2v) is 5.37. The zero-order valence-corrected chi connectivity index (χ0v) is 14.7. The molecule has 0 atom stereocenters. The Morgan fingerprint density at radius 3 is 2.65 bits per heavy atom. The number of benzene rings is 1. The van der Waals surface area contributed by atoms with E-state index >= 15 is 0 Å². The number of rotatable bonds is 10. The zero-order chi connectivity index (χ0) is 19.5. The van der Waals surface area contributed by atoms with Crippen LogP contribution >= 0.6 is 11.6 Å². The number of nitro benzene ring substituents is 1. The normalized spacial score (nSPS) is 10.1. The van der Waals surface area contributed by atoms with Gasteiger partial charge in [-0.2, -0.15) is 0 Å². The van der Waals surface area contributed by atoms with E-state index in [0.29, 0.717) is 19.6 Å². The van der Waals surface area contributed by atoms with Crippen LogP contribution in [0.1, 0.15) is 16.8 Å². The molecular formula is C15H18ClN3O7. The number of carbonyl (C=O) groups excluding carboxylic acids is 3. The monoisotopic (exact) mass is 387 g/mol. The molecule has 0 radical (unpaired) electrons. The van der Waals surface area contributed by atoms with Crippen LogP contribution in [0.3, 0.4) is 0 Å². The van der Waals surface area contributed by atoms with Gasteiger partial charge in [0, 0.05) is 31.9 Å². The van der Waals surface area contributed by atoms with Gasteiger partial charge in [0.1, 0.15) is 11.6 Å². The SMILES string of the molecule is COCCCNC(=O)COC(=O)CNC(=O)c1ccc(Cl)c([N+](=O)[O-])c1. The van der Waals surface area contributed by atoms with Crippen LogP contribution in [-0.4, -0.2) is 56.1 Å². The second kappa shape index (κ2) is 11.0. The van der Waals surface area contributed by atoms with Crippen molar-refractivity contribution in [2.24, 2.45) is 0 Å². The first-order valence-electron chi connectivity index (χ1n) is 7.48. The molecule has 0 aliphatic heterocycles. The summed E-state index contributed by atoms with van der Waals surface area (Å²) in [6, 6.07) is 3.49. The van der Waals surface area contributed by atoms with Gasteiger partial charge in [-0.05, 0) is 18.6 Å². The summed E-state index contributed by atoms with van der Waals surface area (Å²) < 4.78 is 9.52. The lowest BCUT2D eigenvalue weighted by atomic mass is 10.2. The fraction of sp³-hybridized carbons (Fsp3) is 0.400. The van der Waals surface area contributed by atoms with Crippen molar-refractivity contribution < 1.29 is 28.8 Å². The van der Waals surface area contributed by atoms with Gasteiger partial charge in [0.05, 0.1) is 4.92 Å². The van der Waals surface area contributed by atoms with E-state index in [1.807, 2.05) is 0 Å². The van der Waals surface area contributed by atoms with Crippen molar-refractivity contribution in [1.82, 2.24) is 10.6 Å². The van der Waals surface area contributed by atoms with Crippen LogP contribution in [0.15, 0.2) is 18.2 Å². The Balaban J connectivity index is 2.38. The van der Waals surface area contributed by atoms with E-state index in [2.05, 4.69) is 10.6 Å². The molecule has 0 aromatic heterocycles. The van der Waals surface area contributed by atoms with Crippen molar-refractivity contribution in [3.63, 3.8) is 0 Å². The fourth-order valence-electron chi connectivity index (χ4n) is 1.74. The van der Waals surface area contributed by atoms with Crippen LogP contribution in [0.25, 0.3) is 0 Å². The van der Waals surface area contributed by atoms with Crippen molar-refractivity contribution in [2.75, 3.05) is 33.4 Å². The van der Waals surface area contributed by atoms with Crippen LogP contribution in [0.5, 0.6) is 0 Å². The summed E-state index contributed by atoms with van der Waals surface area (Å²) in [4.78, 5) is 44.9. The molecule has 0 saturated heterocycles. The largest absolute Gasteiger partial charge is 0.454 e. The van der Waals surface area contributed by atoms with E-state index in [1.165, 1.54) is 12.1 Å². The van der Waals surface area contributed by atoms with Crippen molar-refractivity contribution in [3.8, 4) is 0 Å². The molecule has 1 aromatic carbocycles. The topological polar surface area (TPSA) is 137 Å². The number of amides is 2. The molecule has 2 N–H and O–H groups in total. The first kappa shape index (κ1) is 21.3. The van der Waals surface area contributed by atoms with Crippen molar-refractivity contribution in [2.45, 2.75) is 6.42 Å². The standard InChI is InChI=1S/C15H18ClN3O7/c1-25-6-2-5-17-13(20)9-26-14(21)8-18-15(22)10-3-4-11(16)12(7-10)19(23)24/h3-4,7H,2,5-6,8-9H2,1H3,(H,17,20)(H,18,22). The number of hydrogen-bond donors (Lipinski definition) is 2. The lowest BCUT2D eigenvalue weighted by Gasteiger charge is -2.07. The molecule has 142 valence electrons. The number of halogens is 1. The third kappa shape index (κ3) is 7.45. The van der Waals surface area contributed by atoms with Crippen molar-refractivity contribution in [1.29, 1.82) is 0 Å². The van der Waals surface area contributed by atoms with Crippen molar-refractivity contribution in [3.05, 3.63) is 38.9 Å². The number of nitro groups is 1. The van der Waals surface area contributed by atoms with Crippen LogP contribution in [0, 0.1) is 10.1 Å². The van der Waals surface area contributed by atoms with Crippen LogP contribution < -0.4 is 10.6 Å². The minimum Gasteiger partial charge on any atom is -0.454 e. The summed E-state index contributed by atoms with van der Waals surface area (Å²) in [5.41, 5.74) is -0.461. The Labute approximate surface area is 153 Å². The molecule has 0 unspecified atom stereocenters. The van der Waals surface area contributed by atoms with Crippen LogP contribution in [0.2, 0.25) is 5.02 Å². The van der Waals surface area contributed by atoms with Gasteiger partial charge in [0.15, 0.2) is 6.61 Å². The summed E-state index contributed by atoms with van der Waals surface area (Å²) in [5.74, 6) is -2.02. The van der Waals surface area contributed by atoms with E-state index in [4.69, 9.17) is 21.1 Å². The third-order valence-electron chi connectivity index (χ3n) is 3.01. The number of carbonyl (C=O) groups is 3. The van der Waals surface area contributed by atoms with E-state index < -0.39 is 41.5 Å². The third-order valence-corrected chi connectivity index (χ3v) is 3.33. The maximum Gasteiger partial charge on any atom is 0.325 e. The summed E-state index contributed by atoms with van der Waals surface area (Å²) in [5, 5.41) is 15.5. The molecule has 0 fully saturated rings. The van der Waals surface area contributed by atoms with Gasteiger partial charge in [0.2, 0.25) is 0 Å². The minimum absolute atomic E-state index is 0.0372. The molecule has 10 nitrogen and oxygen atoms in total. The molecule has 11 heteroatoms. The number of methoxy groups -OCH3 is 1. The molecule has 0 bridgehead atoms. The lowest BCUT2D eigenvalue weighted by molar-refractivity contribution is -0.384. The average molecular weight is 388 g/mol. The molecule has 0 saturated carbocycles. The summed E-state index contributed by atoms with van der Waals surface area (Å²) in [6.07, 6.45) is 0.624. The maximum atomic E-state index is 11.9. The molecule has 0 aliphatic rings. The first-order chi connectivity index (χ1) is 12.3. The van der Waals surface area contributed by atoms with E-state index in [0.717, 1.165) is 6.07 Å². The van der Waals surface area contributed by atoms with E-state index in [1.54, 1.807) is 7.11 Å². The predicted octanol–water partition coefficient (Wildman–Crippen LogP) is 0.674. The molecule has 1 rings (SSSR count). The summed E-state index contributed by atoms with van der Waals surface area (Å²) in [7, 11) is 1.54. The van der Waals surface area contributed by atoms with Gasteiger partial charge in [-0.3, -0.25) is 24.5 Å². The molecule has 26 heavy (non-hydrogen) atoms. The Bertz CT molecular complexity index is 681. The number of ether oxygens (including phenoxy) is 2. The highest BCUT2D eigenvalue weighted by molar-refractivity contribution is 6.32. The summed E-state index contributed by atoms with van der Waals surface area (Å²) in [6.45, 7) is -0.0917. The lowest BCUT2D eigenvalue weighted by Crippen LogP contribution is -2.34. The van der Waals surface area contributed by atoms with Crippen LogP contribution in [0.4, 0.5) is 5.69 Å². The molecule has 1 aromatic rings. The van der Waals surface area contributed by atoms with Gasteiger partial charge >= 0.3 is 5.97 Å². The second-order valence-electron chi connectivity index (χ2n) is 4.96. The quantitative estimate of drug-likeness (QED) is 0.260. The van der Waals surface area contributed by atoms with Gasteiger partial charge in [-0.15, -0.1) is 0 Å². The highest BCUT2D eigenvalue weighted by atomic mass is 35.5. The molecule has 0 aliphatic carbocycles. The van der Waals surface area contributed by atoms with Gasteiger partial charge < -0.3 is 20.1 Å². The minimum atomic E-state index is -0.825. The zero-order valence-electron chi connectivity index (χ0n) is 14.0. The smallest absolute Gasteiger partial charge is 0.325 e. The first-order valence-corrected chi connectivity index (χ1v) is 7.86. The molecule has 0 spiro atoms. The molecular weight excluding hydrogens is 370 g/mol. The Hall–Kier alpha value is -2.72. The Kier molecular flexibility index (Phi) is 9.02. The van der Waals surface area contributed by atoms with Crippen molar-refractivity contribution >= 4 is 35.1 Å². The van der Waals surface area contributed by atoms with Gasteiger partial charge in [-0.25, -0.2) is 0 Å². The van der Waals surface area contributed by atoms with Gasteiger partial charge in [0.25, 0.3) is 17.5 Å². The highest BCUT2D eigenvalue weighted by Gasteiger charge is 2.17. The van der Waals surface area contributed by atoms with E-state index in [-0.39, 0.29) is 10.6 Å². The maximum absolute atomic E-state index is 11.9.